The van der Waals surface area contributed by atoms with Gasteiger partial charge in [-0.1, -0.05) is 18.2 Å². The van der Waals surface area contributed by atoms with E-state index in [9.17, 15) is 14.4 Å². The van der Waals surface area contributed by atoms with E-state index in [1.807, 2.05) is 49.9 Å². The van der Waals surface area contributed by atoms with Crippen molar-refractivity contribution < 1.29 is 14.3 Å². The number of amides is 1. The number of fused-ring (bicyclic) bond motifs is 3. The van der Waals surface area contributed by atoms with Gasteiger partial charge in [-0.05, 0) is 93.5 Å². The lowest BCUT2D eigenvalue weighted by Gasteiger charge is -2.36. The summed E-state index contributed by atoms with van der Waals surface area (Å²) in [7, 11) is 1.69. The maximum Gasteiger partial charge on any atom is 0.350 e. The Kier molecular flexibility index (Phi) is 8.54. The number of carbonyl (C=O) groups excluding carboxylic acids is 1. The Morgan fingerprint density at radius 3 is 2.65 bits per heavy atom. The second-order valence-electron chi connectivity index (χ2n) is 14.8. The average molecular weight is 692 g/mol. The first kappa shape index (κ1) is 33.3. The van der Waals surface area contributed by atoms with Gasteiger partial charge in [0.05, 0.1) is 35.6 Å². The van der Waals surface area contributed by atoms with Crippen LogP contribution in [0, 0.1) is 5.92 Å². The summed E-state index contributed by atoms with van der Waals surface area (Å²) in [5.41, 5.74) is 4.33. The topological polar surface area (TPSA) is 116 Å². The van der Waals surface area contributed by atoms with Gasteiger partial charge in [-0.15, -0.1) is 5.10 Å². The maximum atomic E-state index is 14.3. The first-order chi connectivity index (χ1) is 24.6. The highest BCUT2D eigenvalue weighted by Gasteiger charge is 2.45. The van der Waals surface area contributed by atoms with E-state index in [2.05, 4.69) is 28.2 Å². The predicted octanol–water partition coefficient (Wildman–Crippen LogP) is 3.97. The molecule has 2 aliphatic heterocycles. The molecule has 5 heterocycles. The number of morpholine rings is 1. The quantitative estimate of drug-likeness (QED) is 0.205. The monoisotopic (exact) mass is 691 g/mol. The van der Waals surface area contributed by atoms with Crippen LogP contribution >= 0.6 is 0 Å². The Bertz CT molecular complexity index is 2250. The number of carbonyl (C=O) groups is 1. The van der Waals surface area contributed by atoms with Crippen molar-refractivity contribution in [2.75, 3.05) is 43.2 Å². The molecule has 0 bridgehead atoms. The number of methoxy groups -OCH3 is 1. The SMILES string of the molecule is CO[C@H](C)[C@@H]1CN(c2ccc3c(=O)n(CCc4ccc5c(c4)N(CC4CC4)C(=O)C5(C)C)c(CCn4nc5ccccn5c4=O)nc3c2)CCO1. The number of pyridine rings is 1. The fourth-order valence-electron chi connectivity index (χ4n) is 7.57. The van der Waals surface area contributed by atoms with Crippen molar-refractivity contribution in [3.8, 4) is 0 Å². The third-order valence-corrected chi connectivity index (χ3v) is 11.0. The molecule has 2 atom stereocenters. The van der Waals surface area contributed by atoms with E-state index in [0.717, 1.165) is 35.6 Å². The van der Waals surface area contributed by atoms with E-state index in [1.54, 1.807) is 30.0 Å². The van der Waals surface area contributed by atoms with Crippen LogP contribution in [0.5, 0.6) is 0 Å². The van der Waals surface area contributed by atoms with Gasteiger partial charge >= 0.3 is 5.69 Å². The molecule has 12 nitrogen and oxygen atoms in total. The molecule has 1 aliphatic carbocycles. The molecule has 0 spiro atoms. The van der Waals surface area contributed by atoms with Gasteiger partial charge in [-0.3, -0.25) is 18.6 Å². The fourth-order valence-corrected chi connectivity index (χ4v) is 7.57. The van der Waals surface area contributed by atoms with Crippen LogP contribution in [-0.2, 0) is 45.6 Å². The molecular weight excluding hydrogens is 646 g/mol. The van der Waals surface area contributed by atoms with Crippen LogP contribution < -0.4 is 21.0 Å². The number of anilines is 2. The van der Waals surface area contributed by atoms with Crippen LogP contribution in [0.3, 0.4) is 0 Å². The van der Waals surface area contributed by atoms with E-state index in [0.29, 0.717) is 60.8 Å². The van der Waals surface area contributed by atoms with Gasteiger partial charge in [0.2, 0.25) is 5.91 Å². The minimum atomic E-state index is -0.561. The minimum Gasteiger partial charge on any atom is -0.379 e. The normalized spacial score (nSPS) is 19.3. The summed E-state index contributed by atoms with van der Waals surface area (Å²) >= 11 is 0. The lowest BCUT2D eigenvalue weighted by atomic mass is 9.85. The molecule has 0 N–H and O–H groups in total. The zero-order chi connectivity index (χ0) is 35.4. The van der Waals surface area contributed by atoms with Crippen LogP contribution in [0.4, 0.5) is 11.4 Å². The van der Waals surface area contributed by atoms with E-state index in [-0.39, 0.29) is 35.9 Å². The molecule has 8 rings (SSSR count). The molecule has 0 radical (unpaired) electrons. The number of ether oxygens (including phenoxy) is 2. The number of aromatic nitrogens is 5. The number of rotatable bonds is 11. The standard InChI is InChI=1S/C39H45N7O5/c1-25(50-4)33-24-42(19-20-51-33)28-11-12-29-31(22-28)40-34(15-18-46-38(49)44-16-6-5-7-35(44)41-46)43(36(29)47)17-14-26-10-13-30-32(21-26)45(23-27-8-9-27)37(48)39(30,2)3/h5-7,10-13,16,21-22,25,27,33H,8-9,14-15,17-20,23-24H2,1-4H3/t25-,33+/m1/s1. The van der Waals surface area contributed by atoms with E-state index >= 15 is 0 Å². The molecule has 51 heavy (non-hydrogen) atoms. The summed E-state index contributed by atoms with van der Waals surface area (Å²) in [5.74, 6) is 1.32. The third-order valence-electron chi connectivity index (χ3n) is 11.0. The van der Waals surface area contributed by atoms with Crippen molar-refractivity contribution in [3.05, 3.63) is 98.6 Å². The molecule has 1 saturated heterocycles. The Balaban J connectivity index is 1.12. The first-order valence-corrected chi connectivity index (χ1v) is 18.0. The molecule has 3 aliphatic rings. The third kappa shape index (κ3) is 6.14. The van der Waals surface area contributed by atoms with Crippen molar-refractivity contribution >= 4 is 33.8 Å². The molecule has 0 unspecified atom stereocenters. The Morgan fingerprint density at radius 1 is 1.02 bits per heavy atom. The summed E-state index contributed by atoms with van der Waals surface area (Å²) in [6, 6.07) is 17.6. The molecule has 266 valence electrons. The van der Waals surface area contributed by atoms with Crippen molar-refractivity contribution in [1.29, 1.82) is 0 Å². The molecule has 3 aromatic heterocycles. The molecule has 5 aromatic rings. The Labute approximate surface area is 296 Å². The molecule has 1 saturated carbocycles. The Hall–Kier alpha value is -4.81. The smallest absolute Gasteiger partial charge is 0.350 e. The number of nitrogens with zero attached hydrogens (tertiary/aromatic N) is 7. The number of hydrogen-bond acceptors (Lipinski definition) is 8. The minimum absolute atomic E-state index is 0.0490. The van der Waals surface area contributed by atoms with E-state index < -0.39 is 5.41 Å². The van der Waals surface area contributed by atoms with Gasteiger partial charge in [0, 0.05) is 57.3 Å². The lowest BCUT2D eigenvalue weighted by molar-refractivity contribution is -0.122. The summed E-state index contributed by atoms with van der Waals surface area (Å²) in [5, 5.41) is 5.05. The lowest BCUT2D eigenvalue weighted by Crippen LogP contribution is -2.47. The largest absolute Gasteiger partial charge is 0.379 e. The molecule has 12 heteroatoms. The molecule has 1 amide bonds. The molecular formula is C39H45N7O5. The highest BCUT2D eigenvalue weighted by Crippen LogP contribution is 2.44. The van der Waals surface area contributed by atoms with Gasteiger partial charge < -0.3 is 19.3 Å². The molecule has 2 aromatic carbocycles. The highest BCUT2D eigenvalue weighted by atomic mass is 16.5. The summed E-state index contributed by atoms with van der Waals surface area (Å²) in [6.07, 6.45) is 4.85. The van der Waals surface area contributed by atoms with Gasteiger partial charge in [0.15, 0.2) is 5.65 Å². The zero-order valence-corrected chi connectivity index (χ0v) is 29.7. The van der Waals surface area contributed by atoms with Gasteiger partial charge in [-0.2, -0.15) is 0 Å². The van der Waals surface area contributed by atoms with Gasteiger partial charge in [0.25, 0.3) is 5.56 Å². The summed E-state index contributed by atoms with van der Waals surface area (Å²) in [6.45, 7) is 9.42. The Morgan fingerprint density at radius 2 is 1.86 bits per heavy atom. The molecule has 2 fully saturated rings. The van der Waals surface area contributed by atoms with Crippen LogP contribution in [0.1, 0.15) is 50.6 Å². The van der Waals surface area contributed by atoms with Crippen molar-refractivity contribution in [2.24, 2.45) is 5.92 Å². The number of hydrogen-bond donors (Lipinski definition) is 0. The second-order valence-corrected chi connectivity index (χ2v) is 14.8. The van der Waals surface area contributed by atoms with Crippen LogP contribution in [0.15, 0.2) is 70.4 Å². The van der Waals surface area contributed by atoms with Gasteiger partial charge in [-0.25, -0.2) is 14.5 Å². The summed E-state index contributed by atoms with van der Waals surface area (Å²) in [4.78, 5) is 50.2. The van der Waals surface area contributed by atoms with Crippen LogP contribution in [-0.4, -0.2) is 75.2 Å². The van der Waals surface area contributed by atoms with Gasteiger partial charge in [0.1, 0.15) is 11.9 Å². The van der Waals surface area contributed by atoms with Crippen molar-refractivity contribution in [2.45, 2.75) is 77.2 Å². The van der Waals surface area contributed by atoms with Crippen molar-refractivity contribution in [3.63, 3.8) is 0 Å². The average Bonchev–Trinajstić information content (AvgIpc) is 3.89. The van der Waals surface area contributed by atoms with Crippen LogP contribution in [0.25, 0.3) is 16.6 Å². The zero-order valence-electron chi connectivity index (χ0n) is 29.7. The van der Waals surface area contributed by atoms with E-state index in [4.69, 9.17) is 14.5 Å². The highest BCUT2D eigenvalue weighted by molar-refractivity contribution is 6.07. The van der Waals surface area contributed by atoms with E-state index in [1.165, 1.54) is 21.9 Å². The van der Waals surface area contributed by atoms with Crippen molar-refractivity contribution in [1.82, 2.24) is 23.7 Å². The number of aryl methyl sites for hydroxylation is 3. The van der Waals surface area contributed by atoms with Crippen LogP contribution in [0.2, 0.25) is 0 Å². The number of benzene rings is 2. The second kappa shape index (κ2) is 13.1. The first-order valence-electron chi connectivity index (χ1n) is 18.0. The fraction of sp³-hybridized carbons (Fsp3) is 0.462. The predicted molar refractivity (Wildman–Crippen MR) is 196 cm³/mol. The summed E-state index contributed by atoms with van der Waals surface area (Å²) < 4.78 is 16.2. The maximum absolute atomic E-state index is 14.3.